The van der Waals surface area contributed by atoms with Gasteiger partial charge in [0.25, 0.3) is 0 Å². The highest BCUT2D eigenvalue weighted by Gasteiger charge is 2.25. The summed E-state index contributed by atoms with van der Waals surface area (Å²) in [6, 6.07) is 0. The summed E-state index contributed by atoms with van der Waals surface area (Å²) in [5, 5.41) is 9.02. The van der Waals surface area contributed by atoms with Gasteiger partial charge in [-0.05, 0) is 13.8 Å². The van der Waals surface area contributed by atoms with Crippen LogP contribution in [0.3, 0.4) is 0 Å². The largest absolute Gasteiger partial charge is 0.395 e. The van der Waals surface area contributed by atoms with Crippen LogP contribution in [0.2, 0.25) is 5.67 Å². The highest BCUT2D eigenvalue weighted by Crippen LogP contribution is 2.15. The van der Waals surface area contributed by atoms with Gasteiger partial charge in [0, 0.05) is 5.22 Å². The van der Waals surface area contributed by atoms with Gasteiger partial charge in [0.05, 0.1) is 9.52 Å². The van der Waals surface area contributed by atoms with E-state index < -0.39 is 13.3 Å². The van der Waals surface area contributed by atoms with Crippen LogP contribution in [0.4, 0.5) is 0 Å². The van der Waals surface area contributed by atoms with Crippen LogP contribution in [0, 0.1) is 0 Å². The maximum Gasteiger partial charge on any atom is 0.121 e. The third-order valence-electron chi connectivity index (χ3n) is 1.97. The van der Waals surface area contributed by atoms with E-state index in [9.17, 15) is 5.11 Å². The van der Waals surface area contributed by atoms with Crippen molar-refractivity contribution in [1.82, 2.24) is 0 Å². The van der Waals surface area contributed by atoms with Crippen molar-refractivity contribution >= 4 is 17.6 Å². The molecule has 0 aromatic rings. The number of hydrogen-bond donors (Lipinski definition) is 1. The van der Waals surface area contributed by atoms with Gasteiger partial charge in [-0.3, -0.25) is 0 Å². The minimum atomic E-state index is -1.68. The summed E-state index contributed by atoms with van der Waals surface area (Å²) in [5.74, 6) is 0. The SMILES string of the molecule is C=C[Si](C=C)(C=C)C[Si]C(C)(C)O. The summed E-state index contributed by atoms with van der Waals surface area (Å²) in [7, 11) is -1.17. The van der Waals surface area contributed by atoms with Crippen LogP contribution in [-0.2, 0) is 0 Å². The quantitative estimate of drug-likeness (QED) is 0.665. The average molecular weight is 210 g/mol. The van der Waals surface area contributed by atoms with Crippen LogP contribution in [0.15, 0.2) is 36.8 Å². The molecule has 0 saturated carbocycles. The van der Waals surface area contributed by atoms with E-state index >= 15 is 0 Å². The Kier molecular flexibility index (Phi) is 4.60. The molecule has 0 atom stereocenters. The molecule has 72 valence electrons. The standard InChI is InChI=1S/C10H18OSi2/c1-6-13(7-2,8-3)9-12-10(4,5)11/h6-8,11H,1-3,9H2,4-5H3. The second-order valence-electron chi connectivity index (χ2n) is 3.64. The fraction of sp³-hybridized carbons (Fsp3) is 0.400. The zero-order valence-corrected chi connectivity index (χ0v) is 10.5. The van der Waals surface area contributed by atoms with Crippen LogP contribution in [-0.4, -0.2) is 27.9 Å². The highest BCUT2D eigenvalue weighted by molar-refractivity contribution is 6.97. The van der Waals surface area contributed by atoms with Crippen LogP contribution in [0.1, 0.15) is 13.8 Å². The van der Waals surface area contributed by atoms with Crippen molar-refractivity contribution in [1.29, 1.82) is 0 Å². The predicted octanol–water partition coefficient (Wildman–Crippen LogP) is 2.00. The lowest BCUT2D eigenvalue weighted by Crippen LogP contribution is -2.37. The summed E-state index contributed by atoms with van der Waals surface area (Å²) in [6.07, 6.45) is 0. The van der Waals surface area contributed by atoms with Crippen molar-refractivity contribution in [3.63, 3.8) is 0 Å². The molecule has 0 aliphatic heterocycles. The monoisotopic (exact) mass is 210 g/mol. The average Bonchev–Trinajstić information content (AvgIpc) is 2.06. The Hall–Kier alpha value is -0.386. The van der Waals surface area contributed by atoms with Crippen molar-refractivity contribution in [2.45, 2.75) is 24.7 Å². The second kappa shape index (κ2) is 4.74. The van der Waals surface area contributed by atoms with Crippen LogP contribution in [0.25, 0.3) is 0 Å². The van der Waals surface area contributed by atoms with E-state index in [2.05, 4.69) is 19.7 Å². The first-order chi connectivity index (χ1) is 5.89. The van der Waals surface area contributed by atoms with Crippen molar-refractivity contribution < 1.29 is 5.11 Å². The number of rotatable bonds is 6. The molecule has 1 N–H and O–H groups in total. The Morgan fingerprint density at radius 3 is 1.85 bits per heavy atom. The molecular weight excluding hydrogens is 192 g/mol. The van der Waals surface area contributed by atoms with E-state index in [1.807, 2.05) is 30.9 Å². The smallest absolute Gasteiger partial charge is 0.121 e. The molecule has 0 aromatic carbocycles. The van der Waals surface area contributed by atoms with Gasteiger partial charge in [0.2, 0.25) is 0 Å². The minimum Gasteiger partial charge on any atom is -0.395 e. The summed E-state index contributed by atoms with van der Waals surface area (Å²) >= 11 is 0. The van der Waals surface area contributed by atoms with Gasteiger partial charge < -0.3 is 5.11 Å². The third-order valence-corrected chi connectivity index (χ3v) is 8.27. The van der Waals surface area contributed by atoms with Gasteiger partial charge in [-0.1, -0.05) is 22.8 Å². The molecule has 0 aromatic heterocycles. The first-order valence-corrected chi connectivity index (χ1v) is 7.92. The molecule has 0 amide bonds. The molecule has 2 radical (unpaired) electrons. The Morgan fingerprint density at radius 1 is 1.23 bits per heavy atom. The molecule has 0 aliphatic rings. The fourth-order valence-electron chi connectivity index (χ4n) is 0.836. The summed E-state index contributed by atoms with van der Waals surface area (Å²) in [6.45, 7) is 15.1. The predicted molar refractivity (Wildman–Crippen MR) is 63.2 cm³/mol. The summed E-state index contributed by atoms with van der Waals surface area (Å²) in [4.78, 5) is 0. The van der Waals surface area contributed by atoms with Crippen LogP contribution in [0.5, 0.6) is 0 Å². The van der Waals surface area contributed by atoms with Crippen molar-refractivity contribution in [3.05, 3.63) is 36.8 Å². The van der Waals surface area contributed by atoms with Crippen molar-refractivity contribution in [3.8, 4) is 0 Å². The van der Waals surface area contributed by atoms with Crippen LogP contribution < -0.4 is 0 Å². The van der Waals surface area contributed by atoms with E-state index in [0.29, 0.717) is 9.52 Å². The van der Waals surface area contributed by atoms with Gasteiger partial charge in [-0.2, -0.15) is 0 Å². The van der Waals surface area contributed by atoms with Gasteiger partial charge in [-0.25, -0.2) is 0 Å². The Morgan fingerprint density at radius 2 is 1.62 bits per heavy atom. The van der Waals surface area contributed by atoms with E-state index in [0.717, 1.165) is 5.67 Å². The molecule has 13 heavy (non-hydrogen) atoms. The number of aliphatic hydroxyl groups is 1. The van der Waals surface area contributed by atoms with E-state index in [-0.39, 0.29) is 0 Å². The fourth-order valence-corrected chi connectivity index (χ4v) is 6.02. The zero-order chi connectivity index (χ0) is 10.5. The summed E-state index contributed by atoms with van der Waals surface area (Å²) < 4.78 is 0. The molecule has 0 aliphatic carbocycles. The highest BCUT2D eigenvalue weighted by atomic mass is 28.4. The number of hydrogen-bond acceptors (Lipinski definition) is 1. The lowest BCUT2D eigenvalue weighted by atomic mass is 10.5. The molecule has 0 unspecified atom stereocenters. The maximum absolute atomic E-state index is 9.60. The molecule has 0 heterocycles. The topological polar surface area (TPSA) is 20.2 Å². The second-order valence-corrected chi connectivity index (χ2v) is 10.1. The van der Waals surface area contributed by atoms with Crippen molar-refractivity contribution in [2.24, 2.45) is 0 Å². The Bertz CT molecular complexity index is 182. The molecule has 0 fully saturated rings. The normalized spacial score (nSPS) is 12.2. The molecule has 0 spiro atoms. The van der Waals surface area contributed by atoms with Crippen LogP contribution >= 0.6 is 0 Å². The Labute approximate surface area is 84.7 Å². The molecule has 0 rings (SSSR count). The first kappa shape index (κ1) is 12.6. The zero-order valence-electron chi connectivity index (χ0n) is 8.51. The molecule has 3 heteroatoms. The van der Waals surface area contributed by atoms with E-state index in [1.54, 1.807) is 0 Å². The first-order valence-electron chi connectivity index (χ1n) is 4.27. The molecule has 1 nitrogen and oxygen atoms in total. The van der Waals surface area contributed by atoms with Crippen molar-refractivity contribution in [2.75, 3.05) is 0 Å². The molecular formula is C10H18OSi2. The van der Waals surface area contributed by atoms with Gasteiger partial charge >= 0.3 is 0 Å². The molecule has 0 saturated heterocycles. The molecule has 0 bridgehead atoms. The van der Waals surface area contributed by atoms with E-state index in [4.69, 9.17) is 0 Å². The minimum absolute atomic E-state index is 0.517. The Balaban J connectivity index is 4.36. The lowest BCUT2D eigenvalue weighted by molar-refractivity contribution is 0.166. The lowest BCUT2D eigenvalue weighted by Gasteiger charge is -2.23. The van der Waals surface area contributed by atoms with E-state index in [1.165, 1.54) is 0 Å². The third kappa shape index (κ3) is 4.40. The summed E-state index contributed by atoms with van der Waals surface area (Å²) in [5.41, 5.74) is 6.86. The van der Waals surface area contributed by atoms with Gasteiger partial charge in [-0.15, -0.1) is 19.7 Å². The maximum atomic E-state index is 9.60. The van der Waals surface area contributed by atoms with Gasteiger partial charge in [0.1, 0.15) is 8.07 Å². The van der Waals surface area contributed by atoms with Gasteiger partial charge in [0.15, 0.2) is 0 Å².